The van der Waals surface area contributed by atoms with Crippen LogP contribution in [0.4, 0.5) is 0 Å². The molecule has 1 unspecified atom stereocenters. The van der Waals surface area contributed by atoms with Crippen LogP contribution >= 0.6 is 11.6 Å². The topological polar surface area (TPSA) is 36.4 Å². The van der Waals surface area contributed by atoms with Gasteiger partial charge < -0.3 is 10.6 Å². The van der Waals surface area contributed by atoms with Crippen LogP contribution in [-0.2, 0) is 0 Å². The highest BCUT2D eigenvalue weighted by Gasteiger charge is 2.01. The summed E-state index contributed by atoms with van der Waals surface area (Å²) in [6.45, 7) is 0. The van der Waals surface area contributed by atoms with E-state index < -0.39 is 0 Å². The molecule has 1 aliphatic heterocycles. The second kappa shape index (κ2) is 2.73. The van der Waals surface area contributed by atoms with Crippen LogP contribution in [0.5, 0.6) is 0 Å². The van der Waals surface area contributed by atoms with Gasteiger partial charge in [-0.3, -0.25) is 4.99 Å². The number of alkyl halides is 1. The van der Waals surface area contributed by atoms with E-state index in [9.17, 15) is 0 Å². The van der Waals surface area contributed by atoms with Gasteiger partial charge in [-0.2, -0.15) is 0 Å². The van der Waals surface area contributed by atoms with Gasteiger partial charge in [0, 0.05) is 7.05 Å². The van der Waals surface area contributed by atoms with Crippen LogP contribution in [0, 0.1) is 0 Å². The standard InChI is InChI=1S/C5H8ClN3/c1-7-5-2-4(6)8-3-9-5/h2-4,7H,1H3,(H,8,9). The lowest BCUT2D eigenvalue weighted by Crippen LogP contribution is -2.26. The number of hydrogen-bond acceptors (Lipinski definition) is 3. The molecule has 50 valence electrons. The first-order chi connectivity index (χ1) is 4.33. The summed E-state index contributed by atoms with van der Waals surface area (Å²) in [5, 5.41) is 5.78. The number of hydrogen-bond donors (Lipinski definition) is 2. The highest BCUT2D eigenvalue weighted by Crippen LogP contribution is 2.02. The van der Waals surface area contributed by atoms with Crippen LogP contribution in [0.1, 0.15) is 0 Å². The molecule has 9 heavy (non-hydrogen) atoms. The summed E-state index contributed by atoms with van der Waals surface area (Å²) < 4.78 is 0. The molecule has 0 saturated heterocycles. The molecular weight excluding hydrogens is 138 g/mol. The van der Waals surface area contributed by atoms with Gasteiger partial charge in [-0.25, -0.2) is 0 Å². The Kier molecular flexibility index (Phi) is 1.95. The highest BCUT2D eigenvalue weighted by molar-refractivity contribution is 6.22. The first kappa shape index (κ1) is 6.42. The quantitative estimate of drug-likeness (QED) is 0.410. The molecule has 0 bridgehead atoms. The highest BCUT2D eigenvalue weighted by atomic mass is 35.5. The van der Waals surface area contributed by atoms with E-state index in [0.29, 0.717) is 0 Å². The van der Waals surface area contributed by atoms with Gasteiger partial charge in [0.05, 0.1) is 6.34 Å². The summed E-state index contributed by atoms with van der Waals surface area (Å²) in [6.07, 6.45) is 3.37. The van der Waals surface area contributed by atoms with E-state index in [1.165, 1.54) is 0 Å². The fraction of sp³-hybridized carbons (Fsp3) is 0.400. The van der Waals surface area contributed by atoms with E-state index in [1.807, 2.05) is 7.05 Å². The first-order valence-corrected chi connectivity index (χ1v) is 3.08. The summed E-state index contributed by atoms with van der Waals surface area (Å²) in [7, 11) is 1.82. The van der Waals surface area contributed by atoms with E-state index in [-0.39, 0.29) is 5.50 Å². The van der Waals surface area contributed by atoms with Crippen LogP contribution < -0.4 is 10.6 Å². The Morgan fingerprint density at radius 1 is 1.89 bits per heavy atom. The normalized spacial score (nSPS) is 24.7. The minimum absolute atomic E-state index is 0.228. The van der Waals surface area contributed by atoms with Gasteiger partial charge in [0.25, 0.3) is 0 Å². The predicted octanol–water partition coefficient (Wildman–Crippen LogP) is 0.244. The Balaban J connectivity index is 2.55. The molecule has 1 rings (SSSR count). The maximum absolute atomic E-state index is 5.64. The molecular formula is C5H8ClN3. The van der Waals surface area contributed by atoms with Crippen molar-refractivity contribution in [2.45, 2.75) is 5.50 Å². The van der Waals surface area contributed by atoms with E-state index in [4.69, 9.17) is 11.6 Å². The molecule has 0 aromatic rings. The van der Waals surface area contributed by atoms with Crippen LogP contribution in [-0.4, -0.2) is 18.9 Å². The van der Waals surface area contributed by atoms with Crippen LogP contribution in [0.25, 0.3) is 0 Å². The van der Waals surface area contributed by atoms with Crippen LogP contribution in [0.2, 0.25) is 0 Å². The lowest BCUT2D eigenvalue weighted by Gasteiger charge is -2.11. The van der Waals surface area contributed by atoms with E-state index in [2.05, 4.69) is 15.6 Å². The van der Waals surface area contributed by atoms with Gasteiger partial charge in [0.2, 0.25) is 0 Å². The average Bonchev–Trinajstić information content (AvgIpc) is 1.88. The Labute approximate surface area is 58.8 Å². The lowest BCUT2D eigenvalue weighted by atomic mass is 10.5. The van der Waals surface area contributed by atoms with E-state index in [1.54, 1.807) is 12.4 Å². The van der Waals surface area contributed by atoms with Gasteiger partial charge in [-0.1, -0.05) is 11.6 Å². The van der Waals surface area contributed by atoms with Crippen molar-refractivity contribution in [2.75, 3.05) is 7.05 Å². The monoisotopic (exact) mass is 145 g/mol. The van der Waals surface area contributed by atoms with Crippen LogP contribution in [0.15, 0.2) is 16.9 Å². The fourth-order valence-electron chi connectivity index (χ4n) is 0.562. The van der Waals surface area contributed by atoms with Gasteiger partial charge in [-0.05, 0) is 6.08 Å². The third-order valence-corrected chi connectivity index (χ3v) is 1.25. The Morgan fingerprint density at radius 3 is 3.11 bits per heavy atom. The van der Waals surface area contributed by atoms with Crippen molar-refractivity contribution in [3.63, 3.8) is 0 Å². The minimum Gasteiger partial charge on any atom is -0.375 e. The van der Waals surface area contributed by atoms with Crippen molar-refractivity contribution < 1.29 is 0 Å². The molecule has 0 radical (unpaired) electrons. The summed E-state index contributed by atoms with van der Waals surface area (Å²) in [5.41, 5.74) is -0.228. The smallest absolute Gasteiger partial charge is 0.147 e. The number of nitrogens with one attached hydrogen (secondary N) is 2. The maximum Gasteiger partial charge on any atom is 0.147 e. The second-order valence-electron chi connectivity index (χ2n) is 1.63. The molecule has 1 heterocycles. The molecule has 0 aromatic carbocycles. The molecule has 0 spiro atoms. The van der Waals surface area contributed by atoms with Crippen molar-refractivity contribution >= 4 is 17.9 Å². The predicted molar refractivity (Wildman–Crippen MR) is 38.4 cm³/mol. The SMILES string of the molecule is CNC1=CC(Cl)N=CN1. The zero-order valence-electron chi connectivity index (χ0n) is 5.06. The maximum atomic E-state index is 5.64. The molecule has 0 amide bonds. The third-order valence-electron chi connectivity index (χ3n) is 1.01. The minimum atomic E-state index is -0.228. The molecule has 1 aliphatic rings. The summed E-state index contributed by atoms with van der Waals surface area (Å²) in [5.74, 6) is 0.894. The summed E-state index contributed by atoms with van der Waals surface area (Å²) in [4.78, 5) is 3.84. The Morgan fingerprint density at radius 2 is 2.67 bits per heavy atom. The van der Waals surface area contributed by atoms with Crippen molar-refractivity contribution in [3.05, 3.63) is 11.9 Å². The zero-order valence-corrected chi connectivity index (χ0v) is 5.81. The van der Waals surface area contributed by atoms with Gasteiger partial charge in [0.1, 0.15) is 11.3 Å². The number of rotatable bonds is 1. The zero-order chi connectivity index (χ0) is 6.69. The first-order valence-electron chi connectivity index (χ1n) is 2.65. The molecule has 2 N–H and O–H groups in total. The van der Waals surface area contributed by atoms with Gasteiger partial charge in [-0.15, -0.1) is 0 Å². The molecule has 4 heteroatoms. The Hall–Kier alpha value is -0.700. The molecule has 0 aliphatic carbocycles. The number of aliphatic imine (C=N–C) groups is 1. The second-order valence-corrected chi connectivity index (χ2v) is 2.07. The average molecular weight is 146 g/mol. The van der Waals surface area contributed by atoms with Gasteiger partial charge >= 0.3 is 0 Å². The van der Waals surface area contributed by atoms with Crippen molar-refractivity contribution in [1.29, 1.82) is 0 Å². The largest absolute Gasteiger partial charge is 0.375 e. The van der Waals surface area contributed by atoms with E-state index >= 15 is 0 Å². The molecule has 3 nitrogen and oxygen atoms in total. The molecule has 0 fully saturated rings. The molecule has 1 atom stereocenters. The van der Waals surface area contributed by atoms with Crippen molar-refractivity contribution in [2.24, 2.45) is 4.99 Å². The van der Waals surface area contributed by atoms with E-state index in [0.717, 1.165) is 5.82 Å². The molecule has 0 saturated carbocycles. The Bertz CT molecular complexity index is 152. The number of nitrogens with zero attached hydrogens (tertiary/aromatic N) is 1. The summed E-state index contributed by atoms with van der Waals surface area (Å²) in [6, 6.07) is 0. The van der Waals surface area contributed by atoms with Crippen LogP contribution in [0.3, 0.4) is 0 Å². The lowest BCUT2D eigenvalue weighted by molar-refractivity contribution is 0.860. The van der Waals surface area contributed by atoms with Crippen molar-refractivity contribution in [1.82, 2.24) is 10.6 Å². The van der Waals surface area contributed by atoms with Gasteiger partial charge in [0.15, 0.2) is 0 Å². The summed E-state index contributed by atoms with van der Waals surface area (Å²) >= 11 is 5.64. The number of halogens is 1. The van der Waals surface area contributed by atoms with Crippen molar-refractivity contribution in [3.8, 4) is 0 Å². The molecule has 0 aromatic heterocycles. The third kappa shape index (κ3) is 1.61. The fourth-order valence-corrected chi connectivity index (χ4v) is 0.745.